The zero-order chi connectivity index (χ0) is 18.4. The highest BCUT2D eigenvalue weighted by atomic mass is 32.2. The quantitative estimate of drug-likeness (QED) is 0.822. The second kappa shape index (κ2) is 8.02. The topological polar surface area (TPSA) is 75.7 Å². The van der Waals surface area contributed by atoms with Crippen molar-refractivity contribution in [2.45, 2.75) is 19.9 Å². The molecule has 1 N–H and O–H groups in total. The predicted octanol–water partition coefficient (Wildman–Crippen LogP) is 2.88. The van der Waals surface area contributed by atoms with Crippen LogP contribution in [0.2, 0.25) is 0 Å². The summed E-state index contributed by atoms with van der Waals surface area (Å²) in [4.78, 5) is 12.5. The van der Waals surface area contributed by atoms with E-state index in [0.717, 1.165) is 10.6 Å². The normalized spacial score (nSPS) is 12.3. The highest BCUT2D eigenvalue weighted by Crippen LogP contribution is 2.21. The van der Waals surface area contributed by atoms with Crippen LogP contribution in [0.3, 0.4) is 0 Å². The average molecular weight is 362 g/mol. The minimum absolute atomic E-state index is 0.418. The lowest BCUT2D eigenvalue weighted by atomic mass is 10.2. The van der Waals surface area contributed by atoms with Gasteiger partial charge in [-0.1, -0.05) is 18.2 Å². The van der Waals surface area contributed by atoms with E-state index in [0.29, 0.717) is 23.7 Å². The Hall–Kier alpha value is -2.54. The molecule has 1 amide bonds. The van der Waals surface area contributed by atoms with Crippen LogP contribution in [0.5, 0.6) is 5.75 Å². The molecule has 2 rings (SSSR count). The van der Waals surface area contributed by atoms with E-state index in [4.69, 9.17) is 4.74 Å². The van der Waals surface area contributed by atoms with Gasteiger partial charge in [-0.05, 0) is 50.2 Å². The van der Waals surface area contributed by atoms with Gasteiger partial charge in [0.05, 0.1) is 18.6 Å². The van der Waals surface area contributed by atoms with Crippen molar-refractivity contribution in [3.63, 3.8) is 0 Å². The van der Waals surface area contributed by atoms with Gasteiger partial charge >= 0.3 is 0 Å². The Labute approximate surface area is 148 Å². The van der Waals surface area contributed by atoms with Crippen LogP contribution in [0.1, 0.15) is 13.8 Å². The van der Waals surface area contributed by atoms with E-state index in [1.165, 1.54) is 0 Å². The summed E-state index contributed by atoms with van der Waals surface area (Å²) in [5, 5.41) is 2.73. The number of carbonyl (C=O) groups is 1. The van der Waals surface area contributed by atoms with Crippen LogP contribution in [0.4, 0.5) is 11.4 Å². The van der Waals surface area contributed by atoms with Crippen LogP contribution in [-0.4, -0.2) is 33.2 Å². The third kappa shape index (κ3) is 4.96. The van der Waals surface area contributed by atoms with E-state index in [9.17, 15) is 13.2 Å². The fraction of sp³-hybridized carbons (Fsp3) is 0.278. The standard InChI is InChI=1S/C18H22N2O4S/c1-4-24-17-12-10-15(11-13-17)19-18(21)14(2)20(25(3,22)23)16-8-6-5-7-9-16/h5-14H,4H2,1-3H3,(H,19,21)/t14-/m1/s1. The SMILES string of the molecule is CCOc1ccc(NC(=O)[C@@H](C)N(c2ccccc2)S(C)(=O)=O)cc1. The number of anilines is 2. The molecule has 7 heteroatoms. The molecular weight excluding hydrogens is 340 g/mol. The Balaban J connectivity index is 2.18. The molecule has 0 unspecified atom stereocenters. The summed E-state index contributed by atoms with van der Waals surface area (Å²) in [6.45, 7) is 4.00. The second-order valence-electron chi connectivity index (χ2n) is 5.52. The first kappa shape index (κ1) is 18.8. The van der Waals surface area contributed by atoms with Crippen LogP contribution in [0.15, 0.2) is 54.6 Å². The van der Waals surface area contributed by atoms with Crippen molar-refractivity contribution in [2.24, 2.45) is 0 Å². The van der Waals surface area contributed by atoms with Gasteiger partial charge in [0.15, 0.2) is 0 Å². The Bertz CT molecular complexity index is 805. The Morgan fingerprint density at radius 3 is 2.24 bits per heavy atom. The molecule has 0 fully saturated rings. The van der Waals surface area contributed by atoms with Crippen molar-refractivity contribution in [3.8, 4) is 5.75 Å². The molecule has 0 radical (unpaired) electrons. The molecular formula is C18H22N2O4S. The fourth-order valence-electron chi connectivity index (χ4n) is 2.43. The molecule has 25 heavy (non-hydrogen) atoms. The molecule has 0 spiro atoms. The molecule has 0 aromatic heterocycles. The number of nitrogens with zero attached hydrogens (tertiary/aromatic N) is 1. The fourth-order valence-corrected chi connectivity index (χ4v) is 3.61. The number of hydrogen-bond donors (Lipinski definition) is 1. The van der Waals surface area contributed by atoms with Gasteiger partial charge in [-0.15, -0.1) is 0 Å². The first-order valence-corrected chi connectivity index (χ1v) is 9.76. The highest BCUT2D eigenvalue weighted by Gasteiger charge is 2.28. The van der Waals surface area contributed by atoms with Crippen LogP contribution < -0.4 is 14.4 Å². The zero-order valence-corrected chi connectivity index (χ0v) is 15.3. The lowest BCUT2D eigenvalue weighted by Gasteiger charge is -2.28. The Morgan fingerprint density at radius 2 is 1.72 bits per heavy atom. The second-order valence-corrected chi connectivity index (χ2v) is 7.38. The molecule has 2 aromatic carbocycles. The lowest BCUT2D eigenvalue weighted by Crippen LogP contribution is -2.45. The van der Waals surface area contributed by atoms with E-state index in [2.05, 4.69) is 5.32 Å². The van der Waals surface area contributed by atoms with Crippen LogP contribution in [-0.2, 0) is 14.8 Å². The van der Waals surface area contributed by atoms with Crippen molar-refractivity contribution in [1.29, 1.82) is 0 Å². The third-order valence-corrected chi connectivity index (χ3v) is 4.77. The summed E-state index contributed by atoms with van der Waals surface area (Å²) in [5.41, 5.74) is 1.01. The number of para-hydroxylation sites is 1. The maximum Gasteiger partial charge on any atom is 0.247 e. The van der Waals surface area contributed by atoms with Crippen molar-refractivity contribution in [1.82, 2.24) is 0 Å². The van der Waals surface area contributed by atoms with Gasteiger partial charge < -0.3 is 10.1 Å². The smallest absolute Gasteiger partial charge is 0.247 e. The van der Waals surface area contributed by atoms with E-state index in [1.54, 1.807) is 61.5 Å². The highest BCUT2D eigenvalue weighted by molar-refractivity contribution is 7.92. The molecule has 0 bridgehead atoms. The number of ether oxygens (including phenoxy) is 1. The minimum atomic E-state index is -3.62. The largest absolute Gasteiger partial charge is 0.494 e. The monoisotopic (exact) mass is 362 g/mol. The van der Waals surface area contributed by atoms with Crippen molar-refractivity contribution in [2.75, 3.05) is 22.5 Å². The Kier molecular flexibility index (Phi) is 6.03. The van der Waals surface area contributed by atoms with E-state index < -0.39 is 22.0 Å². The molecule has 2 aromatic rings. The van der Waals surface area contributed by atoms with Crippen LogP contribution >= 0.6 is 0 Å². The summed E-state index contributed by atoms with van der Waals surface area (Å²) in [5.74, 6) is 0.286. The van der Waals surface area contributed by atoms with Crippen molar-refractivity contribution < 1.29 is 17.9 Å². The Morgan fingerprint density at radius 1 is 1.12 bits per heavy atom. The average Bonchev–Trinajstić information content (AvgIpc) is 2.56. The predicted molar refractivity (Wildman–Crippen MR) is 99.5 cm³/mol. The molecule has 134 valence electrons. The first-order chi connectivity index (χ1) is 11.8. The molecule has 0 aliphatic carbocycles. The molecule has 0 heterocycles. The maximum absolute atomic E-state index is 12.5. The number of hydrogen-bond acceptors (Lipinski definition) is 4. The maximum atomic E-state index is 12.5. The summed E-state index contributed by atoms with van der Waals surface area (Å²) in [6, 6.07) is 14.6. The van der Waals surface area contributed by atoms with Gasteiger partial charge in [0.2, 0.25) is 15.9 Å². The summed E-state index contributed by atoms with van der Waals surface area (Å²) >= 11 is 0. The molecule has 0 aliphatic rings. The number of amides is 1. The van der Waals surface area contributed by atoms with Gasteiger partial charge in [0, 0.05) is 5.69 Å². The molecule has 1 atom stereocenters. The van der Waals surface area contributed by atoms with Crippen molar-refractivity contribution in [3.05, 3.63) is 54.6 Å². The molecule has 6 nitrogen and oxygen atoms in total. The summed E-state index contributed by atoms with van der Waals surface area (Å²) in [6.07, 6.45) is 1.08. The van der Waals surface area contributed by atoms with Gasteiger partial charge in [-0.2, -0.15) is 0 Å². The molecule has 0 saturated heterocycles. The van der Waals surface area contributed by atoms with Gasteiger partial charge in [0.25, 0.3) is 0 Å². The van der Waals surface area contributed by atoms with Gasteiger partial charge in [-0.3, -0.25) is 9.10 Å². The summed E-state index contributed by atoms with van der Waals surface area (Å²) < 4.78 is 30.8. The number of sulfonamides is 1. The van der Waals surface area contributed by atoms with Crippen molar-refractivity contribution >= 4 is 27.3 Å². The van der Waals surface area contributed by atoms with Gasteiger partial charge in [-0.25, -0.2) is 8.42 Å². The molecule has 0 saturated carbocycles. The van der Waals surface area contributed by atoms with Gasteiger partial charge in [0.1, 0.15) is 11.8 Å². The number of carbonyl (C=O) groups excluding carboxylic acids is 1. The van der Waals surface area contributed by atoms with E-state index in [1.807, 2.05) is 6.92 Å². The van der Waals surface area contributed by atoms with Crippen LogP contribution in [0, 0.1) is 0 Å². The van der Waals surface area contributed by atoms with E-state index >= 15 is 0 Å². The van der Waals surface area contributed by atoms with E-state index in [-0.39, 0.29) is 0 Å². The van der Waals surface area contributed by atoms with Crippen LogP contribution in [0.25, 0.3) is 0 Å². The number of nitrogens with one attached hydrogen (secondary N) is 1. The zero-order valence-electron chi connectivity index (χ0n) is 14.5. The lowest BCUT2D eigenvalue weighted by molar-refractivity contribution is -0.116. The summed E-state index contributed by atoms with van der Waals surface area (Å²) in [7, 11) is -3.62. The molecule has 0 aliphatic heterocycles. The third-order valence-electron chi connectivity index (χ3n) is 3.53. The number of benzene rings is 2. The first-order valence-electron chi connectivity index (χ1n) is 7.91. The number of rotatable bonds is 7. The minimum Gasteiger partial charge on any atom is -0.494 e.